The number of hydrogen-bond donors (Lipinski definition) is 1. The van der Waals surface area contributed by atoms with Crippen LogP contribution in [0.25, 0.3) is 0 Å². The van der Waals surface area contributed by atoms with Gasteiger partial charge in [-0.1, -0.05) is 0 Å². The minimum absolute atomic E-state index is 0.00982. The van der Waals surface area contributed by atoms with E-state index in [2.05, 4.69) is 4.98 Å². The van der Waals surface area contributed by atoms with Gasteiger partial charge in [0.25, 0.3) is 5.91 Å². The lowest BCUT2D eigenvalue weighted by Crippen LogP contribution is -2.46. The third-order valence-corrected chi connectivity index (χ3v) is 4.47. The van der Waals surface area contributed by atoms with Gasteiger partial charge in [-0.3, -0.25) is 9.59 Å². The maximum Gasteiger partial charge on any atom is 0.270 e. The molecule has 0 bridgehead atoms. The van der Waals surface area contributed by atoms with Crippen molar-refractivity contribution in [3.8, 4) is 5.75 Å². The molecule has 2 fully saturated rings. The molecule has 1 aromatic heterocycles. The van der Waals surface area contributed by atoms with Crippen molar-refractivity contribution in [2.24, 2.45) is 0 Å². The fraction of sp³-hybridized carbons (Fsp3) is 0.600. The molecule has 3 heterocycles. The molecule has 0 aromatic carbocycles. The number of aromatic amines is 1. The van der Waals surface area contributed by atoms with E-state index in [1.165, 1.54) is 19.4 Å². The fourth-order valence-corrected chi connectivity index (χ4v) is 3.18. The normalized spacial score (nSPS) is 20.7. The largest absolute Gasteiger partial charge is 0.491 e. The fourth-order valence-electron chi connectivity index (χ4n) is 3.18. The third kappa shape index (κ3) is 2.68. The Morgan fingerprint density at radius 3 is 2.71 bits per heavy atom. The first-order valence-electron chi connectivity index (χ1n) is 7.33. The zero-order valence-electron chi connectivity index (χ0n) is 12.2. The molecule has 0 unspecified atom stereocenters. The number of likely N-dealkylation sites (tertiary alicyclic amines) is 1. The van der Waals surface area contributed by atoms with Crippen molar-refractivity contribution >= 4 is 5.91 Å². The summed E-state index contributed by atoms with van der Waals surface area (Å²) in [6, 6.07) is 1.30. The van der Waals surface area contributed by atoms with E-state index >= 15 is 0 Å². The predicted octanol–water partition coefficient (Wildman–Crippen LogP) is 1.17. The molecule has 1 N–H and O–H groups in total. The Labute approximate surface area is 123 Å². The number of piperidine rings is 1. The maximum atomic E-state index is 12.4. The predicted molar refractivity (Wildman–Crippen MR) is 76.7 cm³/mol. The van der Waals surface area contributed by atoms with Gasteiger partial charge in [0.2, 0.25) is 5.43 Å². The van der Waals surface area contributed by atoms with Gasteiger partial charge in [0.15, 0.2) is 5.75 Å². The van der Waals surface area contributed by atoms with Crippen LogP contribution in [0.2, 0.25) is 0 Å². The number of amides is 1. The molecule has 2 aliphatic heterocycles. The van der Waals surface area contributed by atoms with Crippen LogP contribution in [0.1, 0.15) is 36.2 Å². The first-order valence-corrected chi connectivity index (χ1v) is 7.33. The number of carbonyl (C=O) groups is 1. The Kier molecular flexibility index (Phi) is 3.71. The van der Waals surface area contributed by atoms with Crippen molar-refractivity contribution < 1.29 is 14.3 Å². The van der Waals surface area contributed by atoms with E-state index in [9.17, 15) is 9.59 Å². The van der Waals surface area contributed by atoms with E-state index in [0.29, 0.717) is 18.8 Å². The Morgan fingerprint density at radius 1 is 1.38 bits per heavy atom. The summed E-state index contributed by atoms with van der Waals surface area (Å²) >= 11 is 0. The van der Waals surface area contributed by atoms with E-state index in [4.69, 9.17) is 9.47 Å². The van der Waals surface area contributed by atoms with Gasteiger partial charge in [0.05, 0.1) is 12.7 Å². The van der Waals surface area contributed by atoms with Gasteiger partial charge in [-0.25, -0.2) is 0 Å². The van der Waals surface area contributed by atoms with Gasteiger partial charge >= 0.3 is 0 Å². The van der Waals surface area contributed by atoms with Gasteiger partial charge in [-0.2, -0.15) is 0 Å². The molecule has 0 atom stereocenters. The monoisotopic (exact) mass is 292 g/mol. The summed E-state index contributed by atoms with van der Waals surface area (Å²) in [4.78, 5) is 28.8. The minimum atomic E-state index is -0.285. The smallest absolute Gasteiger partial charge is 0.270 e. The number of carbonyl (C=O) groups excluding carboxylic acids is 1. The summed E-state index contributed by atoms with van der Waals surface area (Å²) < 4.78 is 10.8. The second-order valence-electron chi connectivity index (χ2n) is 5.71. The lowest BCUT2D eigenvalue weighted by molar-refractivity contribution is -0.0388. The van der Waals surface area contributed by atoms with Crippen LogP contribution in [0.3, 0.4) is 0 Å². The number of methoxy groups -OCH3 is 1. The molecule has 114 valence electrons. The zero-order valence-corrected chi connectivity index (χ0v) is 12.2. The molecule has 3 rings (SSSR count). The second-order valence-corrected chi connectivity index (χ2v) is 5.71. The Hall–Kier alpha value is -1.82. The minimum Gasteiger partial charge on any atom is -0.491 e. The number of H-pyrrole nitrogens is 1. The quantitative estimate of drug-likeness (QED) is 0.888. The number of ether oxygens (including phenoxy) is 2. The Morgan fingerprint density at radius 2 is 2.14 bits per heavy atom. The second kappa shape index (κ2) is 5.52. The van der Waals surface area contributed by atoms with Crippen molar-refractivity contribution in [2.45, 2.75) is 31.3 Å². The highest BCUT2D eigenvalue weighted by Gasteiger charge is 2.39. The molecule has 21 heavy (non-hydrogen) atoms. The van der Waals surface area contributed by atoms with E-state index in [1.54, 1.807) is 4.90 Å². The van der Waals surface area contributed by atoms with Gasteiger partial charge in [0, 0.05) is 32.0 Å². The lowest BCUT2D eigenvalue weighted by Gasteiger charge is -2.38. The average molecular weight is 292 g/mol. The molecular weight excluding hydrogens is 272 g/mol. The highest BCUT2D eigenvalue weighted by molar-refractivity contribution is 5.92. The number of nitrogens with one attached hydrogen (secondary N) is 1. The summed E-state index contributed by atoms with van der Waals surface area (Å²) in [6.07, 6.45) is 5.38. The van der Waals surface area contributed by atoms with Gasteiger partial charge in [-0.05, 0) is 25.7 Å². The first-order chi connectivity index (χ1) is 10.1. The molecular formula is C15H20N2O4. The van der Waals surface area contributed by atoms with E-state index in [-0.39, 0.29) is 22.7 Å². The topological polar surface area (TPSA) is 71.6 Å². The maximum absolute atomic E-state index is 12.4. The van der Waals surface area contributed by atoms with Crippen LogP contribution >= 0.6 is 0 Å². The first kappa shape index (κ1) is 14.1. The zero-order chi connectivity index (χ0) is 14.9. The molecule has 0 radical (unpaired) electrons. The van der Waals surface area contributed by atoms with Crippen LogP contribution in [0, 0.1) is 0 Å². The summed E-state index contributed by atoms with van der Waals surface area (Å²) in [5.41, 5.74) is 0.0145. The van der Waals surface area contributed by atoms with Crippen LogP contribution in [-0.4, -0.2) is 48.2 Å². The Balaban J connectivity index is 1.69. The van der Waals surface area contributed by atoms with Gasteiger partial charge in [-0.15, -0.1) is 0 Å². The molecule has 1 aromatic rings. The molecule has 0 saturated carbocycles. The molecule has 6 heteroatoms. The number of aromatic nitrogens is 1. The summed E-state index contributed by atoms with van der Waals surface area (Å²) in [5.74, 6) is 0.0751. The molecule has 1 spiro atoms. The van der Waals surface area contributed by atoms with Crippen molar-refractivity contribution in [3.63, 3.8) is 0 Å². The van der Waals surface area contributed by atoms with Crippen LogP contribution < -0.4 is 10.2 Å². The van der Waals surface area contributed by atoms with E-state index in [1.807, 2.05) is 0 Å². The molecule has 2 saturated heterocycles. The molecule has 1 amide bonds. The summed E-state index contributed by atoms with van der Waals surface area (Å²) in [7, 11) is 1.43. The van der Waals surface area contributed by atoms with Crippen molar-refractivity contribution in [1.29, 1.82) is 0 Å². The summed E-state index contributed by atoms with van der Waals surface area (Å²) in [5, 5.41) is 0. The highest BCUT2D eigenvalue weighted by atomic mass is 16.5. The molecule has 2 aliphatic rings. The number of hydrogen-bond acceptors (Lipinski definition) is 4. The Bertz CT molecular complexity index is 580. The number of rotatable bonds is 2. The molecule has 0 aliphatic carbocycles. The van der Waals surface area contributed by atoms with Gasteiger partial charge in [0.1, 0.15) is 5.69 Å². The van der Waals surface area contributed by atoms with Crippen molar-refractivity contribution in [2.75, 3.05) is 26.8 Å². The SMILES string of the molecule is COc1c[nH]c(C(=O)N2CCC3(CCCO3)CC2)cc1=O. The van der Waals surface area contributed by atoms with Crippen molar-refractivity contribution in [3.05, 3.63) is 28.2 Å². The lowest BCUT2D eigenvalue weighted by atomic mass is 9.88. The number of nitrogens with zero attached hydrogens (tertiary/aromatic N) is 1. The van der Waals surface area contributed by atoms with Crippen molar-refractivity contribution in [1.82, 2.24) is 9.88 Å². The van der Waals surface area contributed by atoms with E-state index in [0.717, 1.165) is 32.3 Å². The third-order valence-electron chi connectivity index (χ3n) is 4.47. The molecule has 6 nitrogen and oxygen atoms in total. The number of pyridine rings is 1. The van der Waals surface area contributed by atoms with Crippen LogP contribution in [0.15, 0.2) is 17.1 Å². The standard InChI is InChI=1S/C15H20N2O4/c1-20-13-10-16-11(9-12(13)18)14(19)17-6-4-15(5-7-17)3-2-8-21-15/h9-10H,2-8H2,1H3,(H,16,18). The van der Waals surface area contributed by atoms with E-state index < -0.39 is 0 Å². The van der Waals surface area contributed by atoms with Gasteiger partial charge < -0.3 is 19.4 Å². The summed E-state index contributed by atoms with van der Waals surface area (Å²) in [6.45, 7) is 2.18. The highest BCUT2D eigenvalue weighted by Crippen LogP contribution is 2.35. The van der Waals surface area contributed by atoms with Crippen LogP contribution in [-0.2, 0) is 4.74 Å². The van der Waals surface area contributed by atoms with Crippen LogP contribution in [0.4, 0.5) is 0 Å². The van der Waals surface area contributed by atoms with Crippen LogP contribution in [0.5, 0.6) is 5.75 Å². The average Bonchev–Trinajstić information content (AvgIpc) is 2.95.